The Kier molecular flexibility index (Phi) is 8.49. The van der Waals surface area contributed by atoms with E-state index in [-0.39, 0.29) is 73.9 Å². The Hall–Kier alpha value is -7.80. The molecular weight excluding hydrogens is 828 g/mol. The topological polar surface area (TPSA) is 320 Å². The number of aromatic hydroxyl groups is 11. The Labute approximate surface area is 354 Å². The van der Waals surface area contributed by atoms with Crippen LogP contribution in [-0.4, -0.2) is 89.8 Å². The van der Waals surface area contributed by atoms with Crippen molar-refractivity contribution < 1.29 is 90.4 Å². The second-order valence-corrected chi connectivity index (χ2v) is 15.9. The molecule has 2 bridgehead atoms. The maximum atomic E-state index is 12.5. The Morgan fingerprint density at radius 3 is 1.62 bits per heavy atom. The van der Waals surface area contributed by atoms with Gasteiger partial charge in [0.25, 0.3) is 0 Å². The summed E-state index contributed by atoms with van der Waals surface area (Å²) in [5.41, 5.74) is -0.583. The first-order valence-electron chi connectivity index (χ1n) is 19.3. The van der Waals surface area contributed by atoms with Crippen LogP contribution in [-0.2, 0) is 12.2 Å². The molecule has 0 fully saturated rings. The number of aliphatic hydroxyl groups excluding tert-OH is 3. The molecule has 10 rings (SSSR count). The van der Waals surface area contributed by atoms with E-state index in [0.717, 1.165) is 60.7 Å². The smallest absolute Gasteiger partial charge is 0.305 e. The molecule has 0 aliphatic carbocycles. The van der Waals surface area contributed by atoms with Crippen LogP contribution in [0, 0.1) is 0 Å². The van der Waals surface area contributed by atoms with Gasteiger partial charge in [-0.1, -0.05) is 12.1 Å². The number of rotatable bonds is 4. The van der Waals surface area contributed by atoms with E-state index in [4.69, 9.17) is 18.9 Å². The van der Waals surface area contributed by atoms with Gasteiger partial charge >= 0.3 is 5.79 Å². The lowest BCUT2D eigenvalue weighted by atomic mass is 9.71. The third-order valence-electron chi connectivity index (χ3n) is 12.2. The van der Waals surface area contributed by atoms with Crippen molar-refractivity contribution in [3.05, 3.63) is 123 Å². The summed E-state index contributed by atoms with van der Waals surface area (Å²) < 4.78 is 25.6. The lowest BCUT2D eigenvalue weighted by Gasteiger charge is -2.51. The van der Waals surface area contributed by atoms with Crippen LogP contribution in [0.15, 0.2) is 78.9 Å². The van der Waals surface area contributed by atoms with Crippen molar-refractivity contribution >= 4 is 0 Å². The Morgan fingerprint density at radius 1 is 0.444 bits per heavy atom. The van der Waals surface area contributed by atoms with E-state index in [1.807, 2.05) is 0 Å². The Morgan fingerprint density at radius 2 is 0.984 bits per heavy atom. The maximum Gasteiger partial charge on any atom is 0.305 e. The molecule has 8 atom stereocenters. The summed E-state index contributed by atoms with van der Waals surface area (Å²) in [6, 6.07) is 14.8. The molecule has 18 nitrogen and oxygen atoms in total. The molecule has 0 amide bonds. The van der Waals surface area contributed by atoms with Gasteiger partial charge in [-0.15, -0.1) is 0 Å². The van der Waals surface area contributed by atoms with Gasteiger partial charge in [0.1, 0.15) is 70.1 Å². The van der Waals surface area contributed by atoms with Crippen LogP contribution in [0.5, 0.6) is 86.2 Å². The zero-order valence-electron chi connectivity index (χ0n) is 32.1. The highest BCUT2D eigenvalue weighted by atomic mass is 16.7. The highest BCUT2D eigenvalue weighted by molar-refractivity contribution is 5.72. The molecule has 6 aromatic carbocycles. The maximum absolute atomic E-state index is 12.5. The van der Waals surface area contributed by atoms with E-state index in [0.29, 0.717) is 0 Å². The molecule has 18 heteroatoms. The summed E-state index contributed by atoms with van der Waals surface area (Å²) >= 11 is 0. The quantitative estimate of drug-likeness (QED) is 0.110. The second-order valence-electron chi connectivity index (χ2n) is 15.9. The van der Waals surface area contributed by atoms with Crippen LogP contribution in [0.2, 0.25) is 0 Å². The summed E-state index contributed by atoms with van der Waals surface area (Å²) in [7, 11) is 0. The first kappa shape index (κ1) is 39.3. The van der Waals surface area contributed by atoms with E-state index < -0.39 is 111 Å². The number of hydrogen-bond acceptors (Lipinski definition) is 18. The van der Waals surface area contributed by atoms with Gasteiger partial charge in [-0.05, 0) is 53.6 Å². The van der Waals surface area contributed by atoms with Crippen molar-refractivity contribution in [1.82, 2.24) is 0 Å². The van der Waals surface area contributed by atoms with Crippen LogP contribution >= 0.6 is 0 Å². The van der Waals surface area contributed by atoms with Crippen molar-refractivity contribution in [3.63, 3.8) is 0 Å². The molecule has 14 N–H and O–H groups in total. The van der Waals surface area contributed by atoms with Gasteiger partial charge in [0.15, 0.2) is 40.6 Å². The van der Waals surface area contributed by atoms with E-state index in [9.17, 15) is 71.5 Å². The van der Waals surface area contributed by atoms with Crippen LogP contribution in [0.4, 0.5) is 0 Å². The van der Waals surface area contributed by atoms with Gasteiger partial charge in [0, 0.05) is 64.1 Å². The van der Waals surface area contributed by atoms with Gasteiger partial charge < -0.3 is 90.4 Å². The molecule has 0 radical (unpaired) electrons. The van der Waals surface area contributed by atoms with Crippen molar-refractivity contribution in [3.8, 4) is 86.2 Å². The molecule has 4 aliphatic rings. The molecule has 324 valence electrons. The third kappa shape index (κ3) is 5.68. The lowest BCUT2D eigenvalue weighted by molar-refractivity contribution is -0.219. The SMILES string of the molecule is Oc1cc(O)c2c(c1)O[C@@]1(c3ccc(O)c(O)c3)Oc3cc(O)c4c(c3[C@@H]2[C@H]1O)O[C@@H](c1ccc(O)c(O)c1)[C@H](O)[C@@H]4c1c(O)cc(O)c2c1O[C@H](c1ccc(O)c(O)c1)[C@@H](O)C2. The van der Waals surface area contributed by atoms with E-state index >= 15 is 0 Å². The molecule has 0 unspecified atom stereocenters. The molecule has 6 aromatic rings. The highest BCUT2D eigenvalue weighted by Gasteiger charge is 2.61. The average Bonchev–Trinajstić information content (AvgIpc) is 3.22. The van der Waals surface area contributed by atoms with E-state index in [1.165, 1.54) is 18.2 Å². The first-order valence-corrected chi connectivity index (χ1v) is 19.3. The fourth-order valence-corrected chi connectivity index (χ4v) is 9.32. The second kappa shape index (κ2) is 13.6. The predicted molar refractivity (Wildman–Crippen MR) is 212 cm³/mol. The van der Waals surface area contributed by atoms with Gasteiger partial charge in [0.2, 0.25) is 0 Å². The van der Waals surface area contributed by atoms with Crippen molar-refractivity contribution in [1.29, 1.82) is 0 Å². The lowest BCUT2D eigenvalue weighted by Crippen LogP contribution is -2.57. The predicted octanol–water partition coefficient (Wildman–Crippen LogP) is 4.24. The monoisotopic (exact) mass is 864 g/mol. The standard InChI is InChI=1S/C45H36O18/c46-18-10-27(54)33-31(11-18)62-45(17-3-6-22(49)26(53)9-17)44(59)38(33)36-32(63-45)14-29(56)35-37(39(58)41(61-43(35)36)16-2-5-21(48)25(52)8-16)34-28(55)13-23(50)19-12-30(57)40(60-42(19)34)15-1-4-20(47)24(51)7-15/h1-11,13-14,30,37-41,44,46-59H,12H2/t30-,37+,38+,39+,40+,41-,44+,45-/m0/s1. The Bertz CT molecular complexity index is 2910. The summed E-state index contributed by atoms with van der Waals surface area (Å²) in [5, 5.41) is 155. The molecule has 0 saturated heterocycles. The van der Waals surface area contributed by atoms with Gasteiger partial charge in [0.05, 0.1) is 17.9 Å². The average molecular weight is 865 g/mol. The fraction of sp³-hybridized carbons (Fsp3) is 0.200. The number of ether oxygens (including phenoxy) is 4. The summed E-state index contributed by atoms with van der Waals surface area (Å²) in [4.78, 5) is 0. The summed E-state index contributed by atoms with van der Waals surface area (Å²) in [6.07, 6.45) is -8.29. The fourth-order valence-electron chi connectivity index (χ4n) is 9.32. The number of benzene rings is 6. The Balaban J connectivity index is 1.25. The summed E-state index contributed by atoms with van der Waals surface area (Å²) in [6.45, 7) is 0. The minimum Gasteiger partial charge on any atom is -0.508 e. The van der Waals surface area contributed by atoms with E-state index in [1.54, 1.807) is 0 Å². The molecule has 4 heterocycles. The van der Waals surface area contributed by atoms with Crippen LogP contribution in [0.3, 0.4) is 0 Å². The minimum absolute atomic E-state index is 0.0325. The zero-order chi connectivity index (χ0) is 44.5. The number of fused-ring (bicyclic) bond motifs is 9. The van der Waals surface area contributed by atoms with Gasteiger partial charge in [-0.25, -0.2) is 0 Å². The van der Waals surface area contributed by atoms with Crippen molar-refractivity contribution in [2.24, 2.45) is 0 Å². The van der Waals surface area contributed by atoms with Crippen molar-refractivity contribution in [2.75, 3.05) is 0 Å². The van der Waals surface area contributed by atoms with Crippen molar-refractivity contribution in [2.45, 2.75) is 54.6 Å². The first-order chi connectivity index (χ1) is 30.0. The largest absolute Gasteiger partial charge is 0.508 e. The number of phenols is 11. The van der Waals surface area contributed by atoms with Crippen LogP contribution < -0.4 is 18.9 Å². The third-order valence-corrected chi connectivity index (χ3v) is 12.2. The molecular formula is C45H36O18. The molecule has 0 saturated carbocycles. The van der Waals surface area contributed by atoms with Gasteiger partial charge in [-0.3, -0.25) is 0 Å². The number of aliphatic hydroxyl groups is 3. The number of hydrogen-bond donors (Lipinski definition) is 14. The molecule has 0 spiro atoms. The molecule has 0 aromatic heterocycles. The van der Waals surface area contributed by atoms with Crippen LogP contribution in [0.1, 0.15) is 68.6 Å². The molecule has 4 aliphatic heterocycles. The molecule has 63 heavy (non-hydrogen) atoms. The van der Waals surface area contributed by atoms with Crippen LogP contribution in [0.25, 0.3) is 0 Å². The zero-order valence-corrected chi connectivity index (χ0v) is 32.1. The highest BCUT2D eigenvalue weighted by Crippen LogP contribution is 2.65. The number of phenolic OH excluding ortho intramolecular Hbond substituents is 11. The normalized spacial score (nSPS) is 25.2. The summed E-state index contributed by atoms with van der Waals surface area (Å²) in [5.74, 6) is -12.6. The van der Waals surface area contributed by atoms with Gasteiger partial charge in [-0.2, -0.15) is 0 Å². The van der Waals surface area contributed by atoms with E-state index in [2.05, 4.69) is 0 Å². The minimum atomic E-state index is -2.31.